The first-order chi connectivity index (χ1) is 9.72. The fourth-order valence-corrected chi connectivity index (χ4v) is 3.16. The highest BCUT2D eigenvalue weighted by molar-refractivity contribution is 7.17. The van der Waals surface area contributed by atoms with Gasteiger partial charge in [-0.3, -0.25) is 0 Å². The topological polar surface area (TPSA) is 12.0 Å². The van der Waals surface area contributed by atoms with Crippen LogP contribution in [0.1, 0.15) is 12.5 Å². The Bertz CT molecular complexity index is 720. The van der Waals surface area contributed by atoms with E-state index in [-0.39, 0.29) is 11.9 Å². The van der Waals surface area contributed by atoms with Crippen LogP contribution in [-0.2, 0) is 6.42 Å². The number of halogens is 1. The Morgan fingerprint density at radius 1 is 1.15 bits per heavy atom. The molecule has 1 nitrogen and oxygen atoms in total. The third-order valence-electron chi connectivity index (χ3n) is 3.35. The van der Waals surface area contributed by atoms with E-state index in [0.717, 1.165) is 11.3 Å². The third kappa shape index (κ3) is 2.83. The van der Waals surface area contributed by atoms with E-state index in [1.807, 2.05) is 12.1 Å². The van der Waals surface area contributed by atoms with Crippen LogP contribution < -0.4 is 5.32 Å². The van der Waals surface area contributed by atoms with Crippen LogP contribution in [0.3, 0.4) is 0 Å². The highest BCUT2D eigenvalue weighted by atomic mass is 32.1. The SMILES string of the molecule is CC(Cc1ccccc1F)Nc1ccc2sccc2c1. The van der Waals surface area contributed by atoms with Crippen LogP contribution in [-0.4, -0.2) is 6.04 Å². The van der Waals surface area contributed by atoms with Gasteiger partial charge in [-0.05, 0) is 60.0 Å². The summed E-state index contributed by atoms with van der Waals surface area (Å²) >= 11 is 1.74. The predicted octanol–water partition coefficient (Wildman–Crippen LogP) is 5.08. The van der Waals surface area contributed by atoms with Gasteiger partial charge in [0.25, 0.3) is 0 Å². The lowest BCUT2D eigenvalue weighted by atomic mass is 10.1. The van der Waals surface area contributed by atoms with Crippen molar-refractivity contribution in [3.63, 3.8) is 0 Å². The van der Waals surface area contributed by atoms with Crippen LogP contribution in [0.4, 0.5) is 10.1 Å². The van der Waals surface area contributed by atoms with Gasteiger partial charge in [0.2, 0.25) is 0 Å². The molecule has 0 aliphatic heterocycles. The lowest BCUT2D eigenvalue weighted by Crippen LogP contribution is -2.18. The average Bonchev–Trinajstić information content (AvgIpc) is 2.89. The van der Waals surface area contributed by atoms with Gasteiger partial charge in [-0.2, -0.15) is 0 Å². The molecule has 0 amide bonds. The molecule has 0 saturated carbocycles. The minimum absolute atomic E-state index is 0.130. The first-order valence-corrected chi connectivity index (χ1v) is 7.57. The molecule has 20 heavy (non-hydrogen) atoms. The Morgan fingerprint density at radius 3 is 2.85 bits per heavy atom. The van der Waals surface area contributed by atoms with Crippen LogP contribution in [0.15, 0.2) is 53.9 Å². The van der Waals surface area contributed by atoms with Gasteiger partial charge in [0, 0.05) is 16.4 Å². The molecule has 1 atom stereocenters. The summed E-state index contributed by atoms with van der Waals surface area (Å²) in [5.74, 6) is -0.130. The largest absolute Gasteiger partial charge is 0.382 e. The Labute approximate surface area is 122 Å². The van der Waals surface area contributed by atoms with Gasteiger partial charge in [-0.1, -0.05) is 18.2 Å². The normalized spacial score (nSPS) is 12.5. The maximum absolute atomic E-state index is 13.6. The molecule has 1 unspecified atom stereocenters. The van der Waals surface area contributed by atoms with Crippen molar-refractivity contribution >= 4 is 27.1 Å². The van der Waals surface area contributed by atoms with Gasteiger partial charge in [0.05, 0.1) is 0 Å². The van der Waals surface area contributed by atoms with Gasteiger partial charge < -0.3 is 5.32 Å². The van der Waals surface area contributed by atoms with E-state index >= 15 is 0 Å². The second-order valence-corrected chi connectivity index (χ2v) is 5.96. The monoisotopic (exact) mass is 285 g/mol. The van der Waals surface area contributed by atoms with Crippen molar-refractivity contribution in [1.29, 1.82) is 0 Å². The highest BCUT2D eigenvalue weighted by Gasteiger charge is 2.07. The maximum atomic E-state index is 13.6. The van der Waals surface area contributed by atoms with Crippen molar-refractivity contribution in [2.75, 3.05) is 5.32 Å². The lowest BCUT2D eigenvalue weighted by molar-refractivity contribution is 0.601. The standard InChI is InChI=1S/C17H16FNS/c1-12(10-13-4-2-3-5-16(13)18)19-15-6-7-17-14(11-15)8-9-20-17/h2-9,11-12,19H,10H2,1H3. The summed E-state index contributed by atoms with van der Waals surface area (Å²) in [6, 6.07) is 15.6. The van der Waals surface area contributed by atoms with Crippen LogP contribution in [0.2, 0.25) is 0 Å². The first-order valence-electron chi connectivity index (χ1n) is 6.69. The Morgan fingerprint density at radius 2 is 2.00 bits per heavy atom. The zero-order valence-electron chi connectivity index (χ0n) is 11.3. The van der Waals surface area contributed by atoms with Crippen molar-refractivity contribution < 1.29 is 4.39 Å². The maximum Gasteiger partial charge on any atom is 0.126 e. The molecule has 102 valence electrons. The summed E-state index contributed by atoms with van der Waals surface area (Å²) in [6.07, 6.45) is 0.675. The van der Waals surface area contributed by atoms with Crippen molar-refractivity contribution in [2.24, 2.45) is 0 Å². The lowest BCUT2D eigenvalue weighted by Gasteiger charge is -2.16. The van der Waals surface area contributed by atoms with E-state index in [1.165, 1.54) is 16.2 Å². The average molecular weight is 285 g/mol. The van der Waals surface area contributed by atoms with E-state index in [0.29, 0.717) is 6.42 Å². The van der Waals surface area contributed by atoms with Crippen molar-refractivity contribution in [1.82, 2.24) is 0 Å². The summed E-state index contributed by atoms with van der Waals surface area (Å²) in [5, 5.41) is 6.78. The third-order valence-corrected chi connectivity index (χ3v) is 4.25. The van der Waals surface area contributed by atoms with Crippen LogP contribution in [0.5, 0.6) is 0 Å². The molecule has 0 aliphatic carbocycles. The highest BCUT2D eigenvalue weighted by Crippen LogP contribution is 2.24. The van der Waals surface area contributed by atoms with Crippen LogP contribution >= 0.6 is 11.3 Å². The zero-order valence-corrected chi connectivity index (χ0v) is 12.1. The minimum atomic E-state index is -0.130. The number of nitrogens with one attached hydrogen (secondary N) is 1. The van der Waals surface area contributed by atoms with Gasteiger partial charge in [-0.25, -0.2) is 4.39 Å². The first kappa shape index (κ1) is 13.1. The molecule has 3 rings (SSSR count). The van der Waals surface area contributed by atoms with Crippen molar-refractivity contribution in [2.45, 2.75) is 19.4 Å². The molecule has 0 radical (unpaired) electrons. The van der Waals surface area contributed by atoms with E-state index in [1.54, 1.807) is 17.4 Å². The van der Waals surface area contributed by atoms with E-state index in [4.69, 9.17) is 0 Å². The summed E-state index contributed by atoms with van der Waals surface area (Å²) < 4.78 is 14.9. The molecule has 3 heteroatoms. The van der Waals surface area contributed by atoms with Gasteiger partial charge in [0.15, 0.2) is 0 Å². The van der Waals surface area contributed by atoms with Crippen LogP contribution in [0, 0.1) is 5.82 Å². The van der Waals surface area contributed by atoms with Gasteiger partial charge in [0.1, 0.15) is 5.82 Å². The van der Waals surface area contributed by atoms with E-state index < -0.39 is 0 Å². The number of thiophene rings is 1. The fraction of sp³-hybridized carbons (Fsp3) is 0.176. The molecule has 3 aromatic rings. The minimum Gasteiger partial charge on any atom is -0.382 e. The fourth-order valence-electron chi connectivity index (χ4n) is 2.39. The molecule has 0 saturated heterocycles. The second kappa shape index (κ2) is 5.63. The van der Waals surface area contributed by atoms with Crippen molar-refractivity contribution in [3.05, 3.63) is 65.3 Å². The number of hydrogen-bond donors (Lipinski definition) is 1. The second-order valence-electron chi connectivity index (χ2n) is 5.01. The van der Waals surface area contributed by atoms with E-state index in [2.05, 4.69) is 41.9 Å². The molecular formula is C17H16FNS. The molecule has 0 fully saturated rings. The molecule has 0 bridgehead atoms. The quantitative estimate of drug-likeness (QED) is 0.704. The predicted molar refractivity (Wildman–Crippen MR) is 85.0 cm³/mol. The Hall–Kier alpha value is -1.87. The van der Waals surface area contributed by atoms with Crippen molar-refractivity contribution in [3.8, 4) is 0 Å². The summed E-state index contributed by atoms with van der Waals surface area (Å²) in [4.78, 5) is 0. The number of anilines is 1. The summed E-state index contributed by atoms with van der Waals surface area (Å²) in [5.41, 5.74) is 1.84. The molecule has 1 aromatic heterocycles. The van der Waals surface area contributed by atoms with E-state index in [9.17, 15) is 4.39 Å². The summed E-state index contributed by atoms with van der Waals surface area (Å²) in [7, 11) is 0. The smallest absolute Gasteiger partial charge is 0.126 e. The number of rotatable bonds is 4. The van der Waals surface area contributed by atoms with Gasteiger partial charge in [-0.15, -0.1) is 11.3 Å². The number of fused-ring (bicyclic) bond motifs is 1. The molecule has 1 N–H and O–H groups in total. The molecule has 0 spiro atoms. The number of benzene rings is 2. The molecular weight excluding hydrogens is 269 g/mol. The molecule has 2 aromatic carbocycles. The Balaban J connectivity index is 1.72. The zero-order chi connectivity index (χ0) is 13.9. The molecule has 1 heterocycles. The Kier molecular flexibility index (Phi) is 3.70. The van der Waals surface area contributed by atoms with Crippen LogP contribution in [0.25, 0.3) is 10.1 Å². The number of hydrogen-bond acceptors (Lipinski definition) is 2. The van der Waals surface area contributed by atoms with Gasteiger partial charge >= 0.3 is 0 Å². The molecule has 0 aliphatic rings. The summed E-state index contributed by atoms with van der Waals surface area (Å²) in [6.45, 7) is 2.07.